The predicted molar refractivity (Wildman–Crippen MR) is 116 cm³/mol. The van der Waals surface area contributed by atoms with E-state index in [0.717, 1.165) is 16.8 Å². The molecule has 1 atom stereocenters. The Bertz CT molecular complexity index is 970. The second kappa shape index (κ2) is 9.82. The number of methoxy groups -OCH3 is 1. The van der Waals surface area contributed by atoms with Gasteiger partial charge in [-0.15, -0.1) is 0 Å². The van der Waals surface area contributed by atoms with Crippen LogP contribution in [-0.4, -0.2) is 29.0 Å². The maximum Gasteiger partial charge on any atom is 0.315 e. The van der Waals surface area contributed by atoms with Crippen molar-refractivity contribution in [2.24, 2.45) is 0 Å². The van der Waals surface area contributed by atoms with Gasteiger partial charge in [-0.1, -0.05) is 18.2 Å². The highest BCUT2D eigenvalue weighted by Crippen LogP contribution is 2.31. The Balaban J connectivity index is 1.58. The van der Waals surface area contributed by atoms with E-state index >= 15 is 0 Å². The predicted octanol–water partition coefficient (Wildman–Crippen LogP) is 4.23. The lowest BCUT2D eigenvalue weighted by Crippen LogP contribution is -2.36. The van der Waals surface area contributed by atoms with E-state index < -0.39 is 0 Å². The maximum atomic E-state index is 12.4. The Hall–Kier alpha value is -3.48. The molecule has 0 saturated heterocycles. The van der Waals surface area contributed by atoms with E-state index in [-0.39, 0.29) is 18.2 Å². The highest BCUT2D eigenvalue weighted by atomic mass is 16.5. The number of urea groups is 1. The van der Waals surface area contributed by atoms with Gasteiger partial charge in [0.2, 0.25) is 0 Å². The third-order valence-electron chi connectivity index (χ3n) is 4.53. The number of amides is 2. The molecular weight excluding hydrogens is 380 g/mol. The lowest BCUT2D eigenvalue weighted by molar-refractivity contribution is 0.230. The van der Waals surface area contributed by atoms with Crippen molar-refractivity contribution >= 4 is 6.03 Å². The average Bonchev–Trinajstić information content (AvgIpc) is 3.27. The van der Waals surface area contributed by atoms with Gasteiger partial charge in [0.1, 0.15) is 0 Å². The second-order valence-electron chi connectivity index (χ2n) is 7.25. The van der Waals surface area contributed by atoms with Gasteiger partial charge in [-0.2, -0.15) is 5.10 Å². The Morgan fingerprint density at radius 1 is 1.10 bits per heavy atom. The summed E-state index contributed by atoms with van der Waals surface area (Å²) in [6, 6.07) is 15.0. The van der Waals surface area contributed by atoms with Crippen molar-refractivity contribution in [3.8, 4) is 17.2 Å². The third kappa shape index (κ3) is 5.53. The molecule has 3 rings (SSSR count). The van der Waals surface area contributed by atoms with Crippen molar-refractivity contribution in [1.82, 2.24) is 20.4 Å². The molecule has 0 aliphatic carbocycles. The van der Waals surface area contributed by atoms with Crippen molar-refractivity contribution in [2.75, 3.05) is 7.11 Å². The lowest BCUT2D eigenvalue weighted by Gasteiger charge is -2.18. The molecule has 3 aromatic rings. The number of aromatic nitrogens is 2. The van der Waals surface area contributed by atoms with Gasteiger partial charge < -0.3 is 20.1 Å². The van der Waals surface area contributed by atoms with Gasteiger partial charge in [-0.3, -0.25) is 0 Å². The van der Waals surface area contributed by atoms with E-state index in [1.165, 1.54) is 0 Å². The summed E-state index contributed by atoms with van der Waals surface area (Å²) in [7, 11) is 1.61. The van der Waals surface area contributed by atoms with Crippen molar-refractivity contribution in [3.05, 3.63) is 72.1 Å². The summed E-state index contributed by atoms with van der Waals surface area (Å²) in [6.07, 6.45) is 3.67. The van der Waals surface area contributed by atoms with Crippen LogP contribution in [0.15, 0.2) is 60.9 Å². The van der Waals surface area contributed by atoms with E-state index in [4.69, 9.17) is 9.47 Å². The zero-order valence-corrected chi connectivity index (χ0v) is 17.8. The van der Waals surface area contributed by atoms with Crippen LogP contribution in [0.4, 0.5) is 4.79 Å². The first-order valence-electron chi connectivity index (χ1n) is 9.94. The van der Waals surface area contributed by atoms with Gasteiger partial charge in [-0.25, -0.2) is 9.48 Å². The summed E-state index contributed by atoms with van der Waals surface area (Å²) >= 11 is 0. The molecule has 1 unspecified atom stereocenters. The minimum atomic E-state index is -0.242. The van der Waals surface area contributed by atoms with Crippen LogP contribution in [0.2, 0.25) is 0 Å². The molecule has 7 nitrogen and oxygen atoms in total. The minimum absolute atomic E-state index is 0.0536. The molecular formula is C23H28N4O3. The van der Waals surface area contributed by atoms with E-state index in [1.807, 2.05) is 75.5 Å². The summed E-state index contributed by atoms with van der Waals surface area (Å²) in [4.78, 5) is 12.4. The highest BCUT2D eigenvalue weighted by molar-refractivity contribution is 5.74. The maximum absolute atomic E-state index is 12.4. The van der Waals surface area contributed by atoms with Crippen molar-refractivity contribution in [1.29, 1.82) is 0 Å². The molecule has 2 amide bonds. The number of hydrogen-bond donors (Lipinski definition) is 2. The van der Waals surface area contributed by atoms with Gasteiger partial charge in [0.15, 0.2) is 11.5 Å². The summed E-state index contributed by atoms with van der Waals surface area (Å²) in [5.41, 5.74) is 2.87. The molecule has 1 aromatic heterocycles. The van der Waals surface area contributed by atoms with Crippen LogP contribution < -0.4 is 20.1 Å². The molecule has 0 bridgehead atoms. The molecule has 0 saturated carbocycles. The number of carbonyl (C=O) groups is 1. The van der Waals surface area contributed by atoms with Crippen LogP contribution in [0.5, 0.6) is 11.5 Å². The first kappa shape index (κ1) is 21.2. The molecule has 0 fully saturated rings. The van der Waals surface area contributed by atoms with Crippen LogP contribution in [0.25, 0.3) is 5.69 Å². The zero-order chi connectivity index (χ0) is 21.5. The average molecular weight is 409 g/mol. The molecule has 1 heterocycles. The van der Waals surface area contributed by atoms with Crippen LogP contribution in [0.3, 0.4) is 0 Å². The SMILES string of the molecule is COc1cc(C(C)NC(=O)NCc2cccc(-n3cccn3)c2)ccc1OC(C)C. The molecule has 158 valence electrons. The minimum Gasteiger partial charge on any atom is -0.493 e. The smallest absolute Gasteiger partial charge is 0.315 e. The number of ether oxygens (including phenoxy) is 2. The van der Waals surface area contributed by atoms with Crippen LogP contribution in [0.1, 0.15) is 37.9 Å². The monoisotopic (exact) mass is 408 g/mol. The molecule has 2 N–H and O–H groups in total. The van der Waals surface area contributed by atoms with Crippen LogP contribution in [0, 0.1) is 0 Å². The Kier molecular flexibility index (Phi) is 6.95. The molecule has 2 aromatic carbocycles. The van der Waals surface area contributed by atoms with E-state index in [2.05, 4.69) is 15.7 Å². The van der Waals surface area contributed by atoms with Crippen molar-refractivity contribution in [3.63, 3.8) is 0 Å². The quantitative estimate of drug-likeness (QED) is 0.585. The van der Waals surface area contributed by atoms with Crippen molar-refractivity contribution in [2.45, 2.75) is 39.5 Å². The van der Waals surface area contributed by atoms with Gasteiger partial charge >= 0.3 is 6.03 Å². The number of rotatable bonds is 8. The molecule has 0 aliphatic heterocycles. The first-order chi connectivity index (χ1) is 14.5. The zero-order valence-electron chi connectivity index (χ0n) is 17.8. The van der Waals surface area contributed by atoms with E-state index in [0.29, 0.717) is 18.0 Å². The Morgan fingerprint density at radius 2 is 1.93 bits per heavy atom. The summed E-state index contributed by atoms with van der Waals surface area (Å²) < 4.78 is 13.0. The third-order valence-corrected chi connectivity index (χ3v) is 4.53. The number of nitrogens with zero attached hydrogens (tertiary/aromatic N) is 2. The molecule has 7 heteroatoms. The van der Waals surface area contributed by atoms with Gasteiger partial charge in [-0.05, 0) is 62.2 Å². The second-order valence-corrected chi connectivity index (χ2v) is 7.25. The standard InChI is InChI=1S/C23H28N4O3/c1-16(2)30-21-10-9-19(14-22(21)29-4)17(3)26-23(28)24-15-18-7-5-8-20(13-18)27-12-6-11-25-27/h5-14,16-17H,15H2,1-4H3,(H2,24,26,28). The summed E-state index contributed by atoms with van der Waals surface area (Å²) in [6.45, 7) is 6.27. The Morgan fingerprint density at radius 3 is 2.63 bits per heavy atom. The van der Waals surface area contributed by atoms with Crippen molar-refractivity contribution < 1.29 is 14.3 Å². The van der Waals surface area contributed by atoms with Crippen LogP contribution >= 0.6 is 0 Å². The fourth-order valence-corrected chi connectivity index (χ4v) is 3.05. The highest BCUT2D eigenvalue weighted by Gasteiger charge is 2.13. The fourth-order valence-electron chi connectivity index (χ4n) is 3.05. The lowest BCUT2D eigenvalue weighted by atomic mass is 10.1. The Labute approximate surface area is 177 Å². The van der Waals surface area contributed by atoms with E-state index in [9.17, 15) is 4.79 Å². The van der Waals surface area contributed by atoms with E-state index in [1.54, 1.807) is 18.0 Å². The number of carbonyl (C=O) groups excluding carboxylic acids is 1. The number of hydrogen-bond acceptors (Lipinski definition) is 4. The summed E-state index contributed by atoms with van der Waals surface area (Å²) in [5, 5.41) is 10.1. The molecule has 0 spiro atoms. The largest absolute Gasteiger partial charge is 0.493 e. The summed E-state index contributed by atoms with van der Waals surface area (Å²) in [5.74, 6) is 1.33. The fraction of sp³-hybridized carbons (Fsp3) is 0.304. The number of benzene rings is 2. The first-order valence-corrected chi connectivity index (χ1v) is 9.94. The van der Waals surface area contributed by atoms with Gasteiger partial charge in [0.25, 0.3) is 0 Å². The molecule has 0 radical (unpaired) electrons. The number of nitrogens with one attached hydrogen (secondary N) is 2. The van der Waals surface area contributed by atoms with Crippen LogP contribution in [-0.2, 0) is 6.54 Å². The topological polar surface area (TPSA) is 77.4 Å². The van der Waals surface area contributed by atoms with Gasteiger partial charge in [0, 0.05) is 18.9 Å². The van der Waals surface area contributed by atoms with Gasteiger partial charge in [0.05, 0.1) is 24.9 Å². The normalized spacial score (nSPS) is 11.8. The molecule has 0 aliphatic rings. The molecule has 30 heavy (non-hydrogen) atoms.